The van der Waals surface area contributed by atoms with Gasteiger partial charge in [-0.2, -0.15) is 0 Å². The second-order valence-electron chi connectivity index (χ2n) is 3.89. The Morgan fingerprint density at radius 2 is 2.00 bits per heavy atom. The standard InChI is InChI=1S/C10H20N2O2/c1-8-6-14-7-9(2)12(8)10(13)4-5-11-3/h8-9,11H,4-7H2,1-3H3. The fourth-order valence-electron chi connectivity index (χ4n) is 1.86. The van der Waals surface area contributed by atoms with Crippen molar-refractivity contribution in [1.82, 2.24) is 10.2 Å². The third kappa shape index (κ3) is 2.69. The Balaban J connectivity index is 2.49. The van der Waals surface area contributed by atoms with Gasteiger partial charge in [0.05, 0.1) is 25.3 Å². The number of amides is 1. The summed E-state index contributed by atoms with van der Waals surface area (Å²) in [6.07, 6.45) is 0.575. The summed E-state index contributed by atoms with van der Waals surface area (Å²) in [4.78, 5) is 13.8. The maximum Gasteiger partial charge on any atom is 0.224 e. The van der Waals surface area contributed by atoms with Gasteiger partial charge in [0.1, 0.15) is 0 Å². The zero-order valence-corrected chi connectivity index (χ0v) is 9.25. The van der Waals surface area contributed by atoms with Crippen molar-refractivity contribution in [2.75, 3.05) is 26.8 Å². The molecule has 0 spiro atoms. The normalized spacial score (nSPS) is 27.8. The number of hydrogen-bond donors (Lipinski definition) is 1. The topological polar surface area (TPSA) is 41.6 Å². The number of nitrogens with one attached hydrogen (secondary N) is 1. The summed E-state index contributed by atoms with van der Waals surface area (Å²) in [5.74, 6) is 0.225. The van der Waals surface area contributed by atoms with Crippen LogP contribution in [0.3, 0.4) is 0 Å². The molecule has 0 aromatic rings. The second kappa shape index (κ2) is 5.32. The lowest BCUT2D eigenvalue weighted by Gasteiger charge is -2.38. The summed E-state index contributed by atoms with van der Waals surface area (Å²) in [5, 5.41) is 2.99. The Hall–Kier alpha value is -0.610. The van der Waals surface area contributed by atoms with Crippen LogP contribution in [-0.4, -0.2) is 49.7 Å². The second-order valence-corrected chi connectivity index (χ2v) is 3.89. The molecule has 0 bridgehead atoms. The molecule has 0 radical (unpaired) electrons. The monoisotopic (exact) mass is 200 g/mol. The Bertz CT molecular complexity index is 187. The number of morpholine rings is 1. The summed E-state index contributed by atoms with van der Waals surface area (Å²) in [5.41, 5.74) is 0. The minimum absolute atomic E-state index is 0.211. The molecule has 14 heavy (non-hydrogen) atoms. The first-order chi connectivity index (χ1) is 6.66. The van der Waals surface area contributed by atoms with Crippen LogP contribution in [0.2, 0.25) is 0 Å². The van der Waals surface area contributed by atoms with E-state index in [9.17, 15) is 4.79 Å². The smallest absolute Gasteiger partial charge is 0.224 e. The van der Waals surface area contributed by atoms with Crippen LogP contribution in [0.1, 0.15) is 20.3 Å². The van der Waals surface area contributed by atoms with E-state index in [1.807, 2.05) is 25.8 Å². The van der Waals surface area contributed by atoms with Crippen LogP contribution in [0.4, 0.5) is 0 Å². The minimum Gasteiger partial charge on any atom is -0.377 e. The lowest BCUT2D eigenvalue weighted by Crippen LogP contribution is -2.52. The fraction of sp³-hybridized carbons (Fsp3) is 0.900. The molecule has 1 saturated heterocycles. The molecule has 1 amide bonds. The molecule has 1 heterocycles. The zero-order chi connectivity index (χ0) is 10.6. The van der Waals surface area contributed by atoms with Crippen LogP contribution in [0.15, 0.2) is 0 Å². The highest BCUT2D eigenvalue weighted by atomic mass is 16.5. The van der Waals surface area contributed by atoms with Gasteiger partial charge in [0.15, 0.2) is 0 Å². The number of carbonyl (C=O) groups is 1. The molecule has 0 saturated carbocycles. The fourth-order valence-corrected chi connectivity index (χ4v) is 1.86. The molecule has 1 fully saturated rings. The first-order valence-corrected chi connectivity index (χ1v) is 5.20. The molecule has 2 atom stereocenters. The third-order valence-corrected chi connectivity index (χ3v) is 2.54. The van der Waals surface area contributed by atoms with Crippen molar-refractivity contribution in [3.05, 3.63) is 0 Å². The van der Waals surface area contributed by atoms with E-state index in [0.717, 1.165) is 6.54 Å². The van der Waals surface area contributed by atoms with Crippen molar-refractivity contribution in [1.29, 1.82) is 0 Å². The van der Waals surface area contributed by atoms with Gasteiger partial charge in [-0.1, -0.05) is 0 Å². The van der Waals surface area contributed by atoms with Crippen LogP contribution >= 0.6 is 0 Å². The highest BCUT2D eigenvalue weighted by molar-refractivity contribution is 5.77. The van der Waals surface area contributed by atoms with E-state index in [1.165, 1.54) is 0 Å². The molecule has 82 valence electrons. The van der Waals surface area contributed by atoms with Crippen molar-refractivity contribution >= 4 is 5.91 Å². The van der Waals surface area contributed by atoms with Gasteiger partial charge in [0, 0.05) is 13.0 Å². The lowest BCUT2D eigenvalue weighted by molar-refractivity contribution is -0.143. The van der Waals surface area contributed by atoms with Crippen LogP contribution in [0.25, 0.3) is 0 Å². The van der Waals surface area contributed by atoms with Crippen molar-refractivity contribution in [3.8, 4) is 0 Å². The van der Waals surface area contributed by atoms with Gasteiger partial charge in [0.25, 0.3) is 0 Å². The zero-order valence-electron chi connectivity index (χ0n) is 9.25. The molecule has 2 unspecified atom stereocenters. The molecule has 1 aliphatic rings. The van der Waals surface area contributed by atoms with E-state index < -0.39 is 0 Å². The molecular weight excluding hydrogens is 180 g/mol. The summed E-state index contributed by atoms with van der Waals surface area (Å²) in [6, 6.07) is 0.422. The molecular formula is C10H20N2O2. The predicted molar refractivity (Wildman–Crippen MR) is 55.1 cm³/mol. The Morgan fingerprint density at radius 1 is 1.43 bits per heavy atom. The molecule has 4 heteroatoms. The molecule has 0 aromatic carbocycles. The first kappa shape index (κ1) is 11.5. The maximum atomic E-state index is 11.8. The Kier molecular flexibility index (Phi) is 4.35. The SMILES string of the molecule is CNCCC(=O)N1C(C)COCC1C. The largest absolute Gasteiger partial charge is 0.377 e. The van der Waals surface area contributed by atoms with Crippen LogP contribution in [0.5, 0.6) is 0 Å². The summed E-state index contributed by atoms with van der Waals surface area (Å²) >= 11 is 0. The highest BCUT2D eigenvalue weighted by Crippen LogP contribution is 2.13. The summed E-state index contributed by atoms with van der Waals surface area (Å²) in [7, 11) is 1.86. The Morgan fingerprint density at radius 3 is 2.50 bits per heavy atom. The lowest BCUT2D eigenvalue weighted by atomic mass is 10.1. The summed E-state index contributed by atoms with van der Waals surface area (Å²) in [6.45, 7) is 6.14. The van der Waals surface area contributed by atoms with Gasteiger partial charge >= 0.3 is 0 Å². The summed E-state index contributed by atoms with van der Waals surface area (Å²) < 4.78 is 5.37. The maximum absolute atomic E-state index is 11.8. The average molecular weight is 200 g/mol. The van der Waals surface area contributed by atoms with Gasteiger partial charge < -0.3 is 15.0 Å². The van der Waals surface area contributed by atoms with E-state index in [0.29, 0.717) is 19.6 Å². The molecule has 0 aliphatic carbocycles. The molecule has 4 nitrogen and oxygen atoms in total. The van der Waals surface area contributed by atoms with Crippen LogP contribution in [-0.2, 0) is 9.53 Å². The van der Waals surface area contributed by atoms with Crippen LogP contribution < -0.4 is 5.32 Å². The first-order valence-electron chi connectivity index (χ1n) is 5.20. The van der Waals surface area contributed by atoms with Crippen molar-refractivity contribution in [2.45, 2.75) is 32.4 Å². The van der Waals surface area contributed by atoms with E-state index >= 15 is 0 Å². The van der Waals surface area contributed by atoms with Gasteiger partial charge in [-0.25, -0.2) is 0 Å². The number of rotatable bonds is 3. The van der Waals surface area contributed by atoms with Crippen molar-refractivity contribution < 1.29 is 9.53 Å². The molecule has 1 aliphatic heterocycles. The van der Waals surface area contributed by atoms with Crippen molar-refractivity contribution in [2.24, 2.45) is 0 Å². The van der Waals surface area contributed by atoms with Crippen molar-refractivity contribution in [3.63, 3.8) is 0 Å². The quantitative estimate of drug-likeness (QED) is 0.709. The van der Waals surface area contributed by atoms with Crippen LogP contribution in [0, 0.1) is 0 Å². The van der Waals surface area contributed by atoms with E-state index in [2.05, 4.69) is 5.32 Å². The van der Waals surface area contributed by atoms with E-state index in [4.69, 9.17) is 4.74 Å². The van der Waals surface area contributed by atoms with Gasteiger partial charge in [-0.3, -0.25) is 4.79 Å². The number of ether oxygens (including phenoxy) is 1. The number of nitrogens with zero attached hydrogens (tertiary/aromatic N) is 1. The van der Waals surface area contributed by atoms with Gasteiger partial charge in [-0.15, -0.1) is 0 Å². The third-order valence-electron chi connectivity index (χ3n) is 2.54. The highest BCUT2D eigenvalue weighted by Gasteiger charge is 2.28. The van der Waals surface area contributed by atoms with Gasteiger partial charge in [0.2, 0.25) is 5.91 Å². The average Bonchev–Trinajstić information content (AvgIpc) is 2.14. The molecule has 1 N–H and O–H groups in total. The van der Waals surface area contributed by atoms with Gasteiger partial charge in [-0.05, 0) is 20.9 Å². The minimum atomic E-state index is 0.211. The van der Waals surface area contributed by atoms with E-state index in [1.54, 1.807) is 0 Å². The number of hydrogen-bond acceptors (Lipinski definition) is 3. The predicted octanol–water partition coefficient (Wildman–Crippen LogP) is 0.232. The molecule has 1 rings (SSSR count). The number of carbonyl (C=O) groups excluding carboxylic acids is 1. The van der Waals surface area contributed by atoms with E-state index in [-0.39, 0.29) is 18.0 Å². The Labute approximate surface area is 85.6 Å². The molecule has 0 aromatic heterocycles.